The molecule has 0 bridgehead atoms. The number of ether oxygens (including phenoxy) is 1. The summed E-state index contributed by atoms with van der Waals surface area (Å²) >= 11 is 1.16. The van der Waals surface area contributed by atoms with Gasteiger partial charge in [0.25, 0.3) is 0 Å². The normalized spacial score (nSPS) is 17.1. The summed E-state index contributed by atoms with van der Waals surface area (Å²) in [6.07, 6.45) is 1.47. The number of carbonyl (C=O) groups excluding carboxylic acids is 1. The number of amides is 1. The van der Waals surface area contributed by atoms with Crippen LogP contribution in [0.15, 0.2) is 16.3 Å². The molecule has 1 aliphatic rings. The van der Waals surface area contributed by atoms with E-state index in [1.54, 1.807) is 19.2 Å². The number of rotatable bonds is 7. The molecule has 0 unspecified atom stereocenters. The Labute approximate surface area is 153 Å². The highest BCUT2D eigenvalue weighted by atomic mass is 35.5. The van der Waals surface area contributed by atoms with E-state index in [-0.39, 0.29) is 22.5 Å². The summed E-state index contributed by atoms with van der Waals surface area (Å²) in [7, 11) is -0.450. The highest BCUT2D eigenvalue weighted by Gasteiger charge is 2.39. The van der Waals surface area contributed by atoms with E-state index in [1.165, 1.54) is 7.05 Å². The van der Waals surface area contributed by atoms with Crippen LogP contribution in [-0.2, 0) is 26.1 Å². The molecule has 138 valence electrons. The maximum Gasteiger partial charge on any atom is 0.249 e. The van der Waals surface area contributed by atoms with Crippen molar-refractivity contribution in [2.75, 3.05) is 33.9 Å². The quantitative estimate of drug-likeness (QED) is 0.629. The number of carbonyl (C=O) groups is 1. The van der Waals surface area contributed by atoms with Crippen molar-refractivity contribution in [3.63, 3.8) is 0 Å². The van der Waals surface area contributed by atoms with Crippen molar-refractivity contribution in [2.24, 2.45) is 5.41 Å². The zero-order valence-corrected chi connectivity index (χ0v) is 16.2. The largest absolute Gasteiger partial charge is 0.384 e. The van der Waals surface area contributed by atoms with Gasteiger partial charge in [0.05, 0.1) is 18.6 Å². The van der Waals surface area contributed by atoms with E-state index in [1.807, 2.05) is 0 Å². The molecule has 0 aliphatic carbocycles. The van der Waals surface area contributed by atoms with Crippen LogP contribution in [0.1, 0.15) is 17.7 Å². The number of halogens is 1. The van der Waals surface area contributed by atoms with Gasteiger partial charge >= 0.3 is 0 Å². The monoisotopic (exact) mass is 397 g/mol. The number of hydrogen-bond acceptors (Lipinski definition) is 6. The van der Waals surface area contributed by atoms with Crippen LogP contribution >= 0.6 is 23.7 Å². The van der Waals surface area contributed by atoms with Crippen molar-refractivity contribution < 1.29 is 17.9 Å². The fourth-order valence-electron chi connectivity index (χ4n) is 2.67. The lowest BCUT2D eigenvalue weighted by atomic mass is 9.78. The first-order chi connectivity index (χ1) is 10.9. The lowest BCUT2D eigenvalue weighted by molar-refractivity contribution is -0.136. The first kappa shape index (κ1) is 21.3. The Morgan fingerprint density at radius 2 is 2.04 bits per heavy atom. The van der Waals surface area contributed by atoms with Crippen LogP contribution in [-0.4, -0.2) is 48.2 Å². The van der Waals surface area contributed by atoms with Crippen molar-refractivity contribution in [3.05, 3.63) is 17.0 Å². The minimum absolute atomic E-state index is 0. The van der Waals surface area contributed by atoms with Crippen LogP contribution < -0.4 is 15.4 Å². The predicted molar refractivity (Wildman–Crippen MR) is 96.1 cm³/mol. The first-order valence-corrected chi connectivity index (χ1v) is 9.74. The summed E-state index contributed by atoms with van der Waals surface area (Å²) in [6.45, 7) is 2.30. The number of piperidine rings is 1. The van der Waals surface area contributed by atoms with Crippen molar-refractivity contribution in [2.45, 2.75) is 23.6 Å². The summed E-state index contributed by atoms with van der Waals surface area (Å²) < 4.78 is 31.2. The molecule has 1 aromatic heterocycles. The molecule has 1 saturated heterocycles. The first-order valence-electron chi connectivity index (χ1n) is 7.44. The van der Waals surface area contributed by atoms with Gasteiger partial charge in [0.1, 0.15) is 4.21 Å². The Balaban J connectivity index is 0.00000288. The van der Waals surface area contributed by atoms with Crippen molar-refractivity contribution in [1.29, 1.82) is 0 Å². The van der Waals surface area contributed by atoms with E-state index >= 15 is 0 Å². The molecule has 1 aromatic rings. The van der Waals surface area contributed by atoms with Gasteiger partial charge in [-0.05, 0) is 45.1 Å². The Kier molecular flexibility index (Phi) is 8.10. The molecule has 0 aromatic carbocycles. The van der Waals surface area contributed by atoms with Gasteiger partial charge < -0.3 is 15.4 Å². The Morgan fingerprint density at radius 3 is 2.62 bits per heavy atom. The van der Waals surface area contributed by atoms with Crippen LogP contribution in [0.25, 0.3) is 0 Å². The zero-order valence-electron chi connectivity index (χ0n) is 13.8. The van der Waals surface area contributed by atoms with Crippen LogP contribution in [0, 0.1) is 5.41 Å². The van der Waals surface area contributed by atoms with Crippen LogP contribution in [0.3, 0.4) is 0 Å². The molecule has 2 rings (SSSR count). The number of sulfonamides is 1. The van der Waals surface area contributed by atoms with E-state index in [4.69, 9.17) is 4.74 Å². The molecule has 1 amide bonds. The van der Waals surface area contributed by atoms with Gasteiger partial charge in [-0.1, -0.05) is 0 Å². The fraction of sp³-hybridized carbons (Fsp3) is 0.643. The number of hydrogen-bond donors (Lipinski definition) is 3. The summed E-state index contributed by atoms with van der Waals surface area (Å²) in [4.78, 5) is 13.4. The third-order valence-electron chi connectivity index (χ3n) is 4.06. The molecular formula is C14H24ClN3O4S2. The molecule has 10 heteroatoms. The molecule has 0 saturated carbocycles. The lowest BCUT2D eigenvalue weighted by Crippen LogP contribution is -2.49. The van der Waals surface area contributed by atoms with Gasteiger partial charge in [0, 0.05) is 12.0 Å². The molecule has 0 radical (unpaired) electrons. The second-order valence-electron chi connectivity index (χ2n) is 5.57. The van der Waals surface area contributed by atoms with Crippen LogP contribution in [0.5, 0.6) is 0 Å². The summed E-state index contributed by atoms with van der Waals surface area (Å²) in [5, 5.41) is 6.17. The zero-order chi connectivity index (χ0) is 16.9. The summed E-state index contributed by atoms with van der Waals surface area (Å²) in [5.41, 5.74) is -0.503. The average molecular weight is 398 g/mol. The standard InChI is InChI=1S/C14H23N3O4S2.ClH/c1-15-23(19,20)12-4-3-11(22-12)9-17-13(18)14(10-21-2)5-7-16-8-6-14;/h3-4,15-16H,5-10H2,1-2H3,(H,17,18);1H. The second-order valence-corrected chi connectivity index (χ2v) is 8.86. The van der Waals surface area contributed by atoms with E-state index in [0.717, 1.165) is 42.1 Å². The van der Waals surface area contributed by atoms with Gasteiger partial charge in [-0.2, -0.15) is 0 Å². The average Bonchev–Trinajstić information content (AvgIpc) is 3.03. The minimum atomic E-state index is -3.43. The minimum Gasteiger partial charge on any atom is -0.384 e. The third kappa shape index (κ3) is 4.90. The molecule has 1 aliphatic heterocycles. The fourth-order valence-corrected chi connectivity index (χ4v) is 4.80. The second kappa shape index (κ2) is 9.12. The molecule has 2 heterocycles. The van der Waals surface area contributed by atoms with Gasteiger partial charge in [-0.15, -0.1) is 23.7 Å². The topological polar surface area (TPSA) is 96.5 Å². The summed E-state index contributed by atoms with van der Waals surface area (Å²) in [5.74, 6) is -0.0349. The van der Waals surface area contributed by atoms with E-state index in [0.29, 0.717) is 13.2 Å². The molecule has 1 fully saturated rings. The van der Waals surface area contributed by atoms with Gasteiger partial charge in [0.2, 0.25) is 15.9 Å². The van der Waals surface area contributed by atoms with E-state index in [2.05, 4.69) is 15.4 Å². The number of thiophene rings is 1. The molecule has 3 N–H and O–H groups in total. The highest BCUT2D eigenvalue weighted by Crippen LogP contribution is 2.30. The van der Waals surface area contributed by atoms with Gasteiger partial charge in [-0.25, -0.2) is 13.1 Å². The maximum atomic E-state index is 12.6. The van der Waals surface area contributed by atoms with E-state index in [9.17, 15) is 13.2 Å². The third-order valence-corrected chi connectivity index (χ3v) is 7.05. The van der Waals surface area contributed by atoms with Crippen LogP contribution in [0.4, 0.5) is 0 Å². The Morgan fingerprint density at radius 1 is 1.38 bits per heavy atom. The van der Waals surface area contributed by atoms with Gasteiger partial charge in [-0.3, -0.25) is 4.79 Å². The predicted octanol–water partition coefficient (Wildman–Crippen LogP) is 0.710. The maximum absolute atomic E-state index is 12.6. The van der Waals surface area contributed by atoms with Crippen molar-refractivity contribution >= 4 is 39.7 Å². The summed E-state index contributed by atoms with van der Waals surface area (Å²) in [6, 6.07) is 3.27. The molecule has 0 spiro atoms. The molecule has 0 atom stereocenters. The van der Waals surface area contributed by atoms with Crippen molar-refractivity contribution in [1.82, 2.24) is 15.4 Å². The van der Waals surface area contributed by atoms with Crippen molar-refractivity contribution in [3.8, 4) is 0 Å². The van der Waals surface area contributed by atoms with Gasteiger partial charge in [0.15, 0.2) is 0 Å². The lowest BCUT2D eigenvalue weighted by Gasteiger charge is -2.35. The molecule has 7 nitrogen and oxygen atoms in total. The molecular weight excluding hydrogens is 374 g/mol. The van der Waals surface area contributed by atoms with E-state index < -0.39 is 15.4 Å². The molecule has 24 heavy (non-hydrogen) atoms. The SMILES string of the molecule is CNS(=O)(=O)c1ccc(CNC(=O)C2(COC)CCNCC2)s1.Cl. The Hall–Kier alpha value is -0.710. The highest BCUT2D eigenvalue weighted by molar-refractivity contribution is 7.91. The Bertz CT molecular complexity index is 637. The number of methoxy groups -OCH3 is 1. The van der Waals surface area contributed by atoms with Crippen LogP contribution in [0.2, 0.25) is 0 Å². The number of nitrogens with one attached hydrogen (secondary N) is 3. The smallest absolute Gasteiger partial charge is 0.249 e.